The fraction of sp³-hybridized carbons (Fsp3) is 1.00. The number of methoxy groups -OCH3 is 1. The minimum absolute atomic E-state index is 0.149. The van der Waals surface area contributed by atoms with Crippen LogP contribution in [0.25, 0.3) is 0 Å². The highest BCUT2D eigenvalue weighted by Crippen LogP contribution is 2.13. The summed E-state index contributed by atoms with van der Waals surface area (Å²) in [5.74, 6) is 0. The van der Waals surface area contributed by atoms with Gasteiger partial charge in [0.25, 0.3) is 0 Å². The van der Waals surface area contributed by atoms with Gasteiger partial charge in [0.15, 0.2) is 0 Å². The summed E-state index contributed by atoms with van der Waals surface area (Å²) in [4.78, 5) is 2.23. The van der Waals surface area contributed by atoms with E-state index in [2.05, 4.69) is 18.9 Å². The number of rotatable bonds is 21. The SMILES string of the molecule is CCCCCCCCCCCCCCCCCCN(C)C(CO)COC. The van der Waals surface area contributed by atoms with E-state index in [0.29, 0.717) is 6.61 Å². The van der Waals surface area contributed by atoms with E-state index in [1.807, 2.05) is 0 Å². The summed E-state index contributed by atoms with van der Waals surface area (Å²) in [5, 5.41) is 9.34. The van der Waals surface area contributed by atoms with Crippen LogP contribution in [-0.4, -0.2) is 50.0 Å². The van der Waals surface area contributed by atoms with Crippen molar-refractivity contribution in [3.8, 4) is 0 Å². The third-order valence-corrected chi connectivity index (χ3v) is 5.56. The van der Waals surface area contributed by atoms with E-state index >= 15 is 0 Å². The predicted molar refractivity (Wildman–Crippen MR) is 115 cm³/mol. The highest BCUT2D eigenvalue weighted by molar-refractivity contribution is 4.66. The second-order valence-electron chi connectivity index (χ2n) is 8.08. The van der Waals surface area contributed by atoms with Crippen LogP contribution < -0.4 is 0 Å². The van der Waals surface area contributed by atoms with Gasteiger partial charge in [-0.15, -0.1) is 0 Å². The van der Waals surface area contributed by atoms with Gasteiger partial charge < -0.3 is 9.84 Å². The van der Waals surface area contributed by atoms with Crippen molar-refractivity contribution >= 4 is 0 Å². The average Bonchev–Trinajstić information content (AvgIpc) is 2.65. The normalized spacial score (nSPS) is 12.8. The molecule has 0 aromatic heterocycles. The predicted octanol–water partition coefficient (Wildman–Crippen LogP) is 6.19. The van der Waals surface area contributed by atoms with Gasteiger partial charge in [-0.1, -0.05) is 103 Å². The maximum absolute atomic E-state index is 9.34. The van der Waals surface area contributed by atoms with Gasteiger partial charge in [0.1, 0.15) is 0 Å². The smallest absolute Gasteiger partial charge is 0.0640 e. The second kappa shape index (κ2) is 21.2. The summed E-state index contributed by atoms with van der Waals surface area (Å²) in [6.45, 7) is 4.15. The average molecular weight is 372 g/mol. The van der Waals surface area contributed by atoms with Gasteiger partial charge in [-0.25, -0.2) is 0 Å². The summed E-state index contributed by atoms with van der Waals surface area (Å²) in [5.41, 5.74) is 0. The first kappa shape index (κ1) is 25.9. The first-order valence-electron chi connectivity index (χ1n) is 11.6. The van der Waals surface area contributed by atoms with Crippen LogP contribution in [-0.2, 0) is 4.74 Å². The van der Waals surface area contributed by atoms with Crippen molar-refractivity contribution in [2.24, 2.45) is 0 Å². The summed E-state index contributed by atoms with van der Waals surface area (Å²) in [7, 11) is 3.79. The fourth-order valence-corrected chi connectivity index (χ4v) is 3.60. The molecule has 0 saturated heterocycles. The lowest BCUT2D eigenvalue weighted by Gasteiger charge is -2.25. The highest BCUT2D eigenvalue weighted by atomic mass is 16.5. The molecule has 1 unspecified atom stereocenters. The summed E-state index contributed by atoms with van der Waals surface area (Å²) >= 11 is 0. The Morgan fingerprint density at radius 1 is 0.692 bits per heavy atom. The zero-order chi connectivity index (χ0) is 19.3. The minimum atomic E-state index is 0.149. The summed E-state index contributed by atoms with van der Waals surface area (Å²) in [6, 6.07) is 0.149. The molecule has 0 saturated carbocycles. The van der Waals surface area contributed by atoms with Gasteiger partial charge in [0.2, 0.25) is 0 Å². The van der Waals surface area contributed by atoms with E-state index in [4.69, 9.17) is 4.74 Å². The Hall–Kier alpha value is -0.120. The van der Waals surface area contributed by atoms with Crippen molar-refractivity contribution in [2.75, 3.05) is 33.9 Å². The minimum Gasteiger partial charge on any atom is -0.395 e. The molecule has 158 valence electrons. The quantitative estimate of drug-likeness (QED) is 0.244. The van der Waals surface area contributed by atoms with Gasteiger partial charge in [-0.3, -0.25) is 4.90 Å². The van der Waals surface area contributed by atoms with Gasteiger partial charge in [0.05, 0.1) is 19.3 Å². The monoisotopic (exact) mass is 371 g/mol. The molecule has 1 atom stereocenters. The highest BCUT2D eigenvalue weighted by Gasteiger charge is 2.12. The van der Waals surface area contributed by atoms with E-state index in [1.54, 1.807) is 7.11 Å². The van der Waals surface area contributed by atoms with Crippen molar-refractivity contribution in [2.45, 2.75) is 116 Å². The Balaban J connectivity index is 3.20. The number of aliphatic hydroxyl groups is 1. The molecule has 0 amide bonds. The third kappa shape index (κ3) is 17.3. The first-order valence-corrected chi connectivity index (χ1v) is 11.6. The van der Waals surface area contributed by atoms with Crippen LogP contribution in [0, 0.1) is 0 Å². The van der Waals surface area contributed by atoms with Crippen LogP contribution >= 0.6 is 0 Å². The lowest BCUT2D eigenvalue weighted by molar-refractivity contribution is 0.0658. The number of aliphatic hydroxyl groups excluding tert-OH is 1. The largest absolute Gasteiger partial charge is 0.395 e. The van der Waals surface area contributed by atoms with Crippen LogP contribution in [0.1, 0.15) is 110 Å². The van der Waals surface area contributed by atoms with Crippen LogP contribution in [0.5, 0.6) is 0 Å². The number of ether oxygens (including phenoxy) is 1. The molecule has 3 nitrogen and oxygen atoms in total. The lowest BCUT2D eigenvalue weighted by Crippen LogP contribution is -2.38. The number of nitrogens with zero attached hydrogens (tertiary/aromatic N) is 1. The molecule has 3 heteroatoms. The standard InChI is InChI=1S/C23H49NO2/c1-4-5-6-7-8-9-10-11-12-13-14-15-16-17-18-19-20-24(2)23(21-25)22-26-3/h23,25H,4-22H2,1-3H3. The molecular formula is C23H49NO2. The van der Waals surface area contributed by atoms with Crippen molar-refractivity contribution in [3.05, 3.63) is 0 Å². The van der Waals surface area contributed by atoms with Crippen molar-refractivity contribution < 1.29 is 9.84 Å². The van der Waals surface area contributed by atoms with Gasteiger partial charge in [-0.2, -0.15) is 0 Å². The Kier molecular flexibility index (Phi) is 21.1. The van der Waals surface area contributed by atoms with E-state index < -0.39 is 0 Å². The molecule has 0 radical (unpaired) electrons. The number of likely N-dealkylation sites (N-methyl/N-ethyl adjacent to an activating group) is 1. The molecule has 1 N–H and O–H groups in total. The Morgan fingerprint density at radius 2 is 1.08 bits per heavy atom. The number of unbranched alkanes of at least 4 members (excludes halogenated alkanes) is 15. The van der Waals surface area contributed by atoms with E-state index in [0.717, 1.165) is 6.54 Å². The second-order valence-corrected chi connectivity index (χ2v) is 8.08. The molecule has 0 aromatic rings. The molecular weight excluding hydrogens is 322 g/mol. The zero-order valence-electron chi connectivity index (χ0n) is 18.3. The number of hydrogen-bond donors (Lipinski definition) is 1. The van der Waals surface area contributed by atoms with Crippen LogP contribution in [0.2, 0.25) is 0 Å². The Labute approximate surface area is 164 Å². The topological polar surface area (TPSA) is 32.7 Å². The molecule has 0 aliphatic rings. The zero-order valence-corrected chi connectivity index (χ0v) is 18.3. The van der Waals surface area contributed by atoms with Crippen molar-refractivity contribution in [1.29, 1.82) is 0 Å². The van der Waals surface area contributed by atoms with Gasteiger partial charge >= 0.3 is 0 Å². The maximum atomic E-state index is 9.34. The molecule has 0 spiro atoms. The lowest BCUT2D eigenvalue weighted by atomic mass is 10.0. The summed E-state index contributed by atoms with van der Waals surface area (Å²) < 4.78 is 5.15. The van der Waals surface area contributed by atoms with E-state index in [-0.39, 0.29) is 12.6 Å². The molecule has 0 aromatic carbocycles. The Bertz CT molecular complexity index is 261. The third-order valence-electron chi connectivity index (χ3n) is 5.56. The van der Waals surface area contributed by atoms with Gasteiger partial charge in [0, 0.05) is 7.11 Å². The Morgan fingerprint density at radius 3 is 1.42 bits per heavy atom. The van der Waals surface area contributed by atoms with Crippen LogP contribution in [0.4, 0.5) is 0 Å². The van der Waals surface area contributed by atoms with E-state index in [9.17, 15) is 5.11 Å². The van der Waals surface area contributed by atoms with Crippen LogP contribution in [0.15, 0.2) is 0 Å². The van der Waals surface area contributed by atoms with Crippen molar-refractivity contribution in [1.82, 2.24) is 4.90 Å². The maximum Gasteiger partial charge on any atom is 0.0640 e. The molecule has 0 aliphatic heterocycles. The van der Waals surface area contributed by atoms with Crippen LogP contribution in [0.3, 0.4) is 0 Å². The molecule has 0 heterocycles. The first-order chi connectivity index (χ1) is 12.8. The molecule has 0 rings (SSSR count). The fourth-order valence-electron chi connectivity index (χ4n) is 3.60. The molecule has 0 bridgehead atoms. The number of hydrogen-bond acceptors (Lipinski definition) is 3. The van der Waals surface area contributed by atoms with Gasteiger partial charge in [-0.05, 0) is 20.0 Å². The molecule has 0 fully saturated rings. The molecule has 0 aliphatic carbocycles. The van der Waals surface area contributed by atoms with Crippen molar-refractivity contribution in [3.63, 3.8) is 0 Å². The summed E-state index contributed by atoms with van der Waals surface area (Å²) in [6.07, 6.45) is 22.5. The van der Waals surface area contributed by atoms with E-state index in [1.165, 1.54) is 103 Å². The molecule has 26 heavy (non-hydrogen) atoms.